The highest BCUT2D eigenvalue weighted by Gasteiger charge is 2.36. The van der Waals surface area contributed by atoms with Crippen LogP contribution in [0.2, 0.25) is 0 Å². The third-order valence-electron chi connectivity index (χ3n) is 3.95. The van der Waals surface area contributed by atoms with Crippen molar-refractivity contribution >= 4 is 23.6 Å². The number of amides is 1. The van der Waals surface area contributed by atoms with Crippen molar-refractivity contribution in [2.75, 3.05) is 12.3 Å². The molecule has 1 aliphatic heterocycles. The molecule has 0 bridgehead atoms. The molecule has 0 saturated carbocycles. The van der Waals surface area contributed by atoms with Crippen LogP contribution >= 0.6 is 11.8 Å². The van der Waals surface area contributed by atoms with Gasteiger partial charge >= 0.3 is 5.97 Å². The van der Waals surface area contributed by atoms with Crippen LogP contribution in [-0.2, 0) is 9.59 Å². The van der Waals surface area contributed by atoms with Gasteiger partial charge in [-0.25, -0.2) is 4.79 Å². The molecule has 5 heteroatoms. The van der Waals surface area contributed by atoms with Gasteiger partial charge in [-0.3, -0.25) is 4.79 Å². The van der Waals surface area contributed by atoms with Crippen molar-refractivity contribution in [3.05, 3.63) is 29.8 Å². The molecule has 2 unspecified atom stereocenters. The number of likely N-dealkylation sites (tertiary alicyclic amines) is 1. The Morgan fingerprint density at radius 3 is 2.76 bits per heavy atom. The first-order valence-electron chi connectivity index (χ1n) is 7.21. The fourth-order valence-corrected chi connectivity index (χ4v) is 3.70. The number of carbonyl (C=O) groups is 2. The summed E-state index contributed by atoms with van der Waals surface area (Å²) in [4.78, 5) is 26.4. The topological polar surface area (TPSA) is 57.6 Å². The lowest BCUT2D eigenvalue weighted by Crippen LogP contribution is -2.52. The van der Waals surface area contributed by atoms with Crippen LogP contribution in [0.1, 0.15) is 25.3 Å². The third-order valence-corrected chi connectivity index (χ3v) is 5.11. The fraction of sp³-hybridized carbons (Fsp3) is 0.500. The lowest BCUT2D eigenvalue weighted by molar-refractivity contribution is -0.153. The number of thioether (sulfide) groups is 1. The quantitative estimate of drug-likeness (QED) is 0.869. The third kappa shape index (κ3) is 3.79. The second kappa shape index (κ2) is 6.98. The number of carboxylic acids is 1. The Bertz CT molecular complexity index is 532. The molecule has 1 N–H and O–H groups in total. The van der Waals surface area contributed by atoms with Gasteiger partial charge < -0.3 is 10.0 Å². The van der Waals surface area contributed by atoms with Crippen LogP contribution in [0.3, 0.4) is 0 Å². The minimum Gasteiger partial charge on any atom is -0.480 e. The largest absolute Gasteiger partial charge is 0.480 e. The van der Waals surface area contributed by atoms with Crippen LogP contribution < -0.4 is 0 Å². The second-order valence-corrected chi connectivity index (χ2v) is 6.56. The number of benzene rings is 1. The molecular formula is C16H21NO3S. The molecule has 2 atom stereocenters. The van der Waals surface area contributed by atoms with Gasteiger partial charge in [0.15, 0.2) is 0 Å². The lowest BCUT2D eigenvalue weighted by atomic mass is 9.91. The molecule has 2 rings (SSSR count). The van der Waals surface area contributed by atoms with Crippen molar-refractivity contribution in [1.82, 2.24) is 4.90 Å². The number of carbonyl (C=O) groups excluding carboxylic acids is 1. The predicted octanol–water partition coefficient (Wildman–Crippen LogP) is 2.80. The Kier molecular flexibility index (Phi) is 5.28. The zero-order valence-electron chi connectivity index (χ0n) is 12.4. The van der Waals surface area contributed by atoms with E-state index in [9.17, 15) is 14.7 Å². The number of piperidine rings is 1. The van der Waals surface area contributed by atoms with Crippen LogP contribution in [0.15, 0.2) is 29.2 Å². The van der Waals surface area contributed by atoms with Crippen molar-refractivity contribution < 1.29 is 14.7 Å². The summed E-state index contributed by atoms with van der Waals surface area (Å²) in [6.07, 6.45) is 1.75. The number of aryl methyl sites for hydroxylation is 1. The van der Waals surface area contributed by atoms with Crippen molar-refractivity contribution in [3.8, 4) is 0 Å². The summed E-state index contributed by atoms with van der Waals surface area (Å²) in [5.74, 6) is -0.663. The van der Waals surface area contributed by atoms with E-state index in [1.807, 2.05) is 38.1 Å². The summed E-state index contributed by atoms with van der Waals surface area (Å²) >= 11 is 1.48. The van der Waals surface area contributed by atoms with E-state index in [-0.39, 0.29) is 11.8 Å². The van der Waals surface area contributed by atoms with Crippen molar-refractivity contribution in [2.45, 2.75) is 37.6 Å². The summed E-state index contributed by atoms with van der Waals surface area (Å²) in [6, 6.07) is 7.23. The van der Waals surface area contributed by atoms with Gasteiger partial charge in [0.05, 0.1) is 5.75 Å². The Labute approximate surface area is 129 Å². The summed E-state index contributed by atoms with van der Waals surface area (Å²) in [7, 11) is 0. The van der Waals surface area contributed by atoms with Gasteiger partial charge in [-0.2, -0.15) is 0 Å². The molecule has 1 heterocycles. The highest BCUT2D eigenvalue weighted by molar-refractivity contribution is 8.00. The van der Waals surface area contributed by atoms with Gasteiger partial charge in [-0.05, 0) is 37.3 Å². The summed E-state index contributed by atoms with van der Waals surface area (Å²) in [6.45, 7) is 4.47. The second-order valence-electron chi connectivity index (χ2n) is 5.54. The van der Waals surface area contributed by atoms with Crippen LogP contribution in [-0.4, -0.2) is 40.2 Å². The molecule has 1 saturated heterocycles. The lowest BCUT2D eigenvalue weighted by Gasteiger charge is -2.37. The van der Waals surface area contributed by atoms with Gasteiger partial charge in [0.1, 0.15) is 6.04 Å². The summed E-state index contributed by atoms with van der Waals surface area (Å²) in [5, 5.41) is 9.36. The first-order valence-corrected chi connectivity index (χ1v) is 8.20. The molecule has 0 radical (unpaired) electrons. The zero-order valence-corrected chi connectivity index (χ0v) is 13.2. The molecule has 4 nitrogen and oxygen atoms in total. The number of aliphatic carboxylic acids is 1. The predicted molar refractivity (Wildman–Crippen MR) is 83.4 cm³/mol. The number of carboxylic acid groups (broad SMARTS) is 1. The summed E-state index contributed by atoms with van der Waals surface area (Å²) < 4.78 is 0. The normalized spacial score (nSPS) is 22.1. The van der Waals surface area contributed by atoms with E-state index in [0.717, 1.165) is 23.3 Å². The molecule has 1 aromatic rings. The molecule has 1 amide bonds. The van der Waals surface area contributed by atoms with Gasteiger partial charge in [-0.1, -0.05) is 25.1 Å². The maximum Gasteiger partial charge on any atom is 0.326 e. The number of hydrogen-bond acceptors (Lipinski definition) is 3. The first kappa shape index (κ1) is 15.9. The van der Waals surface area contributed by atoms with E-state index in [1.165, 1.54) is 11.8 Å². The Morgan fingerprint density at radius 1 is 1.38 bits per heavy atom. The van der Waals surface area contributed by atoms with Gasteiger partial charge in [0.2, 0.25) is 5.91 Å². The van der Waals surface area contributed by atoms with E-state index in [4.69, 9.17) is 0 Å². The molecule has 1 aliphatic rings. The van der Waals surface area contributed by atoms with E-state index in [0.29, 0.717) is 12.3 Å². The van der Waals surface area contributed by atoms with Crippen molar-refractivity contribution in [2.24, 2.45) is 5.92 Å². The average Bonchev–Trinajstić information content (AvgIpc) is 2.45. The molecule has 0 spiro atoms. The van der Waals surface area contributed by atoms with E-state index >= 15 is 0 Å². The number of nitrogens with zero attached hydrogens (tertiary/aromatic N) is 1. The first-order chi connectivity index (χ1) is 10.0. The van der Waals surface area contributed by atoms with Gasteiger partial charge in [0.25, 0.3) is 0 Å². The Balaban J connectivity index is 2.02. The van der Waals surface area contributed by atoms with Crippen LogP contribution in [0.4, 0.5) is 0 Å². The molecule has 114 valence electrons. The van der Waals surface area contributed by atoms with Crippen LogP contribution in [0.25, 0.3) is 0 Å². The molecule has 0 aromatic heterocycles. The van der Waals surface area contributed by atoms with Gasteiger partial charge in [-0.15, -0.1) is 11.8 Å². The van der Waals surface area contributed by atoms with Crippen LogP contribution in [0, 0.1) is 12.8 Å². The highest BCUT2D eigenvalue weighted by Crippen LogP contribution is 2.26. The monoisotopic (exact) mass is 307 g/mol. The molecule has 21 heavy (non-hydrogen) atoms. The summed E-state index contributed by atoms with van der Waals surface area (Å²) in [5.41, 5.74) is 1.14. The molecule has 1 aromatic carbocycles. The fourth-order valence-electron chi connectivity index (χ4n) is 2.79. The minimum atomic E-state index is -0.892. The average molecular weight is 307 g/mol. The van der Waals surface area contributed by atoms with E-state index in [1.54, 1.807) is 4.90 Å². The maximum atomic E-state index is 12.4. The zero-order chi connectivity index (χ0) is 15.4. The number of hydrogen-bond donors (Lipinski definition) is 1. The smallest absolute Gasteiger partial charge is 0.326 e. The molecule has 1 fully saturated rings. The maximum absolute atomic E-state index is 12.4. The Hall–Kier alpha value is -1.49. The highest BCUT2D eigenvalue weighted by atomic mass is 32.2. The van der Waals surface area contributed by atoms with Gasteiger partial charge in [0, 0.05) is 11.4 Å². The van der Waals surface area contributed by atoms with E-state index < -0.39 is 12.0 Å². The van der Waals surface area contributed by atoms with Crippen LogP contribution in [0.5, 0.6) is 0 Å². The molecular weight excluding hydrogens is 286 g/mol. The van der Waals surface area contributed by atoms with Crippen molar-refractivity contribution in [3.63, 3.8) is 0 Å². The van der Waals surface area contributed by atoms with E-state index in [2.05, 4.69) is 0 Å². The number of rotatable bonds is 4. The molecule has 0 aliphatic carbocycles. The van der Waals surface area contributed by atoms with Crippen molar-refractivity contribution in [1.29, 1.82) is 0 Å². The minimum absolute atomic E-state index is 0.0173. The SMILES string of the molecule is Cc1ccccc1SCC(=O)N1CCCC(C)C1C(=O)O. The Morgan fingerprint density at radius 2 is 2.10 bits per heavy atom. The standard InChI is InChI=1S/C16H21NO3S/c1-11-6-3-4-8-13(11)21-10-14(18)17-9-5-7-12(2)15(17)16(19)20/h3-4,6,8,12,15H,5,7,9-10H2,1-2H3,(H,19,20).